The number of halogens is 2. The lowest BCUT2D eigenvalue weighted by Gasteiger charge is -2.06. The van der Waals surface area contributed by atoms with Gasteiger partial charge in [-0.15, -0.1) is 0 Å². The highest BCUT2D eigenvalue weighted by atomic mass is 19.3. The second-order valence-electron chi connectivity index (χ2n) is 4.39. The summed E-state index contributed by atoms with van der Waals surface area (Å²) in [5, 5.41) is 4.26. The summed E-state index contributed by atoms with van der Waals surface area (Å²) in [7, 11) is 0. The molecule has 3 rings (SSSR count). The van der Waals surface area contributed by atoms with Crippen LogP contribution in [0, 0.1) is 11.8 Å². The van der Waals surface area contributed by atoms with Crippen LogP contribution in [0.4, 0.5) is 8.78 Å². The predicted molar refractivity (Wildman–Crippen MR) is 78.6 cm³/mol. The molecule has 0 radical (unpaired) electrons. The van der Waals surface area contributed by atoms with Gasteiger partial charge in [0.05, 0.1) is 6.08 Å². The minimum absolute atomic E-state index is 0.629. The van der Waals surface area contributed by atoms with E-state index in [0.29, 0.717) is 6.08 Å². The van der Waals surface area contributed by atoms with Crippen LogP contribution < -0.4 is 0 Å². The van der Waals surface area contributed by atoms with E-state index >= 15 is 0 Å². The molecule has 0 atom stereocenters. The van der Waals surface area contributed by atoms with E-state index in [1.165, 1.54) is 0 Å². The van der Waals surface area contributed by atoms with E-state index in [1.807, 2.05) is 48.5 Å². The molecule has 0 spiro atoms. The third kappa shape index (κ3) is 2.26. The molecule has 96 valence electrons. The van der Waals surface area contributed by atoms with Gasteiger partial charge >= 0.3 is 0 Å². The van der Waals surface area contributed by atoms with E-state index in [0.717, 1.165) is 27.1 Å². The molecule has 3 aromatic carbocycles. The van der Waals surface area contributed by atoms with Crippen molar-refractivity contribution in [2.24, 2.45) is 0 Å². The predicted octanol–water partition coefficient (Wildman–Crippen LogP) is 5.12. The second kappa shape index (κ2) is 5.14. The maximum Gasteiger partial charge on any atom is 0.278 e. The van der Waals surface area contributed by atoms with E-state index in [9.17, 15) is 8.78 Å². The molecule has 0 unspecified atom stereocenters. The highest BCUT2D eigenvalue weighted by Gasteiger charge is 2.03. The Morgan fingerprint density at radius 3 is 2.25 bits per heavy atom. The highest BCUT2D eigenvalue weighted by molar-refractivity contribution is 6.09. The van der Waals surface area contributed by atoms with Crippen LogP contribution in [0.5, 0.6) is 0 Å². The first-order valence-corrected chi connectivity index (χ1v) is 6.19. The molecule has 0 bridgehead atoms. The Labute approximate surface area is 115 Å². The minimum atomic E-state index is -1.78. The Kier molecular flexibility index (Phi) is 3.18. The normalized spacial score (nSPS) is 10.1. The van der Waals surface area contributed by atoms with E-state index in [4.69, 9.17) is 0 Å². The van der Waals surface area contributed by atoms with Crippen LogP contribution in [0.3, 0.4) is 0 Å². The van der Waals surface area contributed by atoms with Gasteiger partial charge in [0.1, 0.15) is 0 Å². The average Bonchev–Trinajstić information content (AvgIpc) is 2.47. The Balaban J connectivity index is 2.34. The molecule has 0 saturated heterocycles. The lowest BCUT2D eigenvalue weighted by molar-refractivity contribution is 0.422. The molecule has 0 amide bonds. The molecule has 0 aliphatic heterocycles. The molecule has 0 heterocycles. The SMILES string of the molecule is FC(F)=CC#Cc1cc2ccccc2c2ccccc12. The van der Waals surface area contributed by atoms with Gasteiger partial charge in [0.25, 0.3) is 6.08 Å². The van der Waals surface area contributed by atoms with Gasteiger partial charge in [0.15, 0.2) is 0 Å². The zero-order valence-electron chi connectivity index (χ0n) is 10.5. The van der Waals surface area contributed by atoms with Gasteiger partial charge in [-0.05, 0) is 27.6 Å². The van der Waals surface area contributed by atoms with Crippen molar-refractivity contribution in [3.63, 3.8) is 0 Å². The van der Waals surface area contributed by atoms with E-state index in [2.05, 4.69) is 17.9 Å². The Morgan fingerprint density at radius 1 is 0.850 bits per heavy atom. The lowest BCUT2D eigenvalue weighted by atomic mass is 9.97. The van der Waals surface area contributed by atoms with Gasteiger partial charge in [-0.2, -0.15) is 8.78 Å². The third-order valence-corrected chi connectivity index (χ3v) is 3.16. The molecular formula is C18H10F2. The first-order valence-electron chi connectivity index (χ1n) is 6.19. The Bertz CT molecular complexity index is 876. The highest BCUT2D eigenvalue weighted by Crippen LogP contribution is 2.28. The summed E-state index contributed by atoms with van der Waals surface area (Å²) in [6.45, 7) is 0. The summed E-state index contributed by atoms with van der Waals surface area (Å²) >= 11 is 0. The van der Waals surface area contributed by atoms with Crippen molar-refractivity contribution >= 4 is 21.5 Å². The second-order valence-corrected chi connectivity index (χ2v) is 4.39. The van der Waals surface area contributed by atoms with Gasteiger partial charge in [-0.1, -0.05) is 60.4 Å². The third-order valence-electron chi connectivity index (χ3n) is 3.16. The first-order chi connectivity index (χ1) is 9.75. The van der Waals surface area contributed by atoms with Crippen LogP contribution in [0.25, 0.3) is 21.5 Å². The molecular weight excluding hydrogens is 254 g/mol. The van der Waals surface area contributed by atoms with Crippen LogP contribution in [0.2, 0.25) is 0 Å². The Morgan fingerprint density at radius 2 is 1.50 bits per heavy atom. The summed E-state index contributed by atoms with van der Waals surface area (Å²) in [6, 6.07) is 17.8. The zero-order chi connectivity index (χ0) is 13.9. The van der Waals surface area contributed by atoms with Crippen molar-refractivity contribution in [1.29, 1.82) is 0 Å². The maximum absolute atomic E-state index is 12.1. The fourth-order valence-corrected chi connectivity index (χ4v) is 2.33. The number of rotatable bonds is 0. The largest absolute Gasteiger partial charge is 0.278 e. The van der Waals surface area contributed by atoms with Crippen LogP contribution in [-0.2, 0) is 0 Å². The number of allylic oxidation sites excluding steroid dienone is 1. The molecule has 0 aliphatic rings. The molecule has 0 fully saturated rings. The van der Waals surface area contributed by atoms with Gasteiger partial charge < -0.3 is 0 Å². The molecule has 0 aromatic heterocycles. The van der Waals surface area contributed by atoms with Crippen LogP contribution in [0.15, 0.2) is 66.8 Å². The van der Waals surface area contributed by atoms with E-state index < -0.39 is 6.08 Å². The molecule has 0 saturated carbocycles. The number of hydrogen-bond donors (Lipinski definition) is 0. The standard InChI is InChI=1S/C18H10F2/c19-18(20)11-5-7-14-12-13-6-1-2-8-15(13)17-10-4-3-9-16(14)17/h1-4,6,8-12H. The molecule has 0 N–H and O–H groups in total. The molecule has 3 aromatic rings. The summed E-state index contributed by atoms with van der Waals surface area (Å²) in [4.78, 5) is 0. The van der Waals surface area contributed by atoms with Crippen LogP contribution >= 0.6 is 0 Å². The number of benzene rings is 3. The molecule has 20 heavy (non-hydrogen) atoms. The maximum atomic E-state index is 12.1. The summed E-state index contributed by atoms with van der Waals surface area (Å²) in [5.41, 5.74) is 0.761. The fraction of sp³-hybridized carbons (Fsp3) is 0. The van der Waals surface area contributed by atoms with Crippen LogP contribution in [0.1, 0.15) is 5.56 Å². The quantitative estimate of drug-likeness (QED) is 0.390. The van der Waals surface area contributed by atoms with E-state index in [1.54, 1.807) is 0 Å². The summed E-state index contributed by atoms with van der Waals surface area (Å²) < 4.78 is 24.1. The van der Waals surface area contributed by atoms with Crippen molar-refractivity contribution in [2.45, 2.75) is 0 Å². The molecule has 2 heteroatoms. The average molecular weight is 264 g/mol. The van der Waals surface area contributed by atoms with E-state index in [-0.39, 0.29) is 0 Å². The molecule has 0 nitrogen and oxygen atoms in total. The topological polar surface area (TPSA) is 0 Å². The van der Waals surface area contributed by atoms with Gasteiger partial charge in [0, 0.05) is 5.56 Å². The van der Waals surface area contributed by atoms with Crippen molar-refractivity contribution in [3.8, 4) is 11.8 Å². The van der Waals surface area contributed by atoms with Crippen molar-refractivity contribution in [2.75, 3.05) is 0 Å². The number of fused-ring (bicyclic) bond motifs is 3. The van der Waals surface area contributed by atoms with Crippen LogP contribution in [-0.4, -0.2) is 0 Å². The number of hydrogen-bond acceptors (Lipinski definition) is 0. The minimum Gasteiger partial charge on any atom is -0.173 e. The zero-order valence-corrected chi connectivity index (χ0v) is 10.5. The fourth-order valence-electron chi connectivity index (χ4n) is 2.33. The summed E-state index contributed by atoms with van der Waals surface area (Å²) in [5.74, 6) is 5.20. The van der Waals surface area contributed by atoms with Crippen molar-refractivity contribution < 1.29 is 8.78 Å². The first kappa shape index (κ1) is 12.4. The smallest absolute Gasteiger partial charge is 0.173 e. The van der Waals surface area contributed by atoms with Gasteiger partial charge in [0.2, 0.25) is 0 Å². The lowest BCUT2D eigenvalue weighted by Crippen LogP contribution is -1.83. The Hall–Kier alpha value is -2.66. The van der Waals surface area contributed by atoms with Gasteiger partial charge in [-0.25, -0.2) is 0 Å². The molecule has 0 aliphatic carbocycles. The van der Waals surface area contributed by atoms with Crippen molar-refractivity contribution in [3.05, 3.63) is 72.3 Å². The van der Waals surface area contributed by atoms with Crippen molar-refractivity contribution in [1.82, 2.24) is 0 Å². The monoisotopic (exact) mass is 264 g/mol. The van der Waals surface area contributed by atoms with Gasteiger partial charge in [-0.3, -0.25) is 0 Å². The summed E-state index contributed by atoms with van der Waals surface area (Å²) in [6.07, 6.45) is -1.15.